The van der Waals surface area contributed by atoms with Gasteiger partial charge >= 0.3 is 0 Å². The lowest BCUT2D eigenvalue weighted by atomic mass is 10.1. The molecule has 0 spiro atoms. The minimum Gasteiger partial charge on any atom is -0.478 e. The minimum absolute atomic E-state index is 0.431. The third-order valence-electron chi connectivity index (χ3n) is 1.59. The summed E-state index contributed by atoms with van der Waals surface area (Å²) in [4.78, 5) is 4.04. The van der Waals surface area contributed by atoms with Gasteiger partial charge in [-0.15, -0.1) is 0 Å². The second-order valence-electron chi connectivity index (χ2n) is 2.52. The minimum atomic E-state index is -0.824. The molecular formula is C10H9N3O. The average molecular weight is 187 g/mol. The highest BCUT2D eigenvalue weighted by atomic mass is 16.5. The van der Waals surface area contributed by atoms with Crippen molar-refractivity contribution in [3.05, 3.63) is 23.9 Å². The Labute approximate surface area is 82.4 Å². The van der Waals surface area contributed by atoms with Gasteiger partial charge in [-0.3, -0.25) is 0 Å². The van der Waals surface area contributed by atoms with Gasteiger partial charge in [-0.05, 0) is 13.0 Å². The Morgan fingerprint density at radius 3 is 2.71 bits per heavy atom. The molecule has 0 fully saturated rings. The SMILES string of the molecule is CCOc1cccc(C(C#N)C#N)n1. The molecule has 0 unspecified atom stereocenters. The van der Waals surface area contributed by atoms with Crippen molar-refractivity contribution in [3.8, 4) is 18.0 Å². The zero-order chi connectivity index (χ0) is 10.4. The van der Waals surface area contributed by atoms with Crippen LogP contribution in [-0.2, 0) is 0 Å². The summed E-state index contributed by atoms with van der Waals surface area (Å²) >= 11 is 0. The van der Waals surface area contributed by atoms with E-state index in [0.717, 1.165) is 0 Å². The second-order valence-corrected chi connectivity index (χ2v) is 2.52. The van der Waals surface area contributed by atoms with Gasteiger partial charge in [-0.25, -0.2) is 4.98 Å². The molecule has 0 saturated carbocycles. The van der Waals surface area contributed by atoms with Gasteiger partial charge in [0.25, 0.3) is 0 Å². The quantitative estimate of drug-likeness (QED) is 0.720. The monoisotopic (exact) mass is 187 g/mol. The average Bonchev–Trinajstić information content (AvgIpc) is 2.21. The summed E-state index contributed by atoms with van der Waals surface area (Å²) in [6, 6.07) is 8.77. The predicted molar refractivity (Wildman–Crippen MR) is 49.4 cm³/mol. The largest absolute Gasteiger partial charge is 0.478 e. The Morgan fingerprint density at radius 2 is 2.14 bits per heavy atom. The molecule has 0 saturated heterocycles. The maximum absolute atomic E-state index is 8.65. The van der Waals surface area contributed by atoms with Crippen molar-refractivity contribution in [2.45, 2.75) is 12.8 Å². The van der Waals surface area contributed by atoms with E-state index in [2.05, 4.69) is 4.98 Å². The molecule has 1 aromatic heterocycles. The van der Waals surface area contributed by atoms with Gasteiger partial charge in [-0.1, -0.05) is 6.07 Å². The number of hydrogen-bond acceptors (Lipinski definition) is 4. The van der Waals surface area contributed by atoms with Crippen LogP contribution in [0.5, 0.6) is 5.88 Å². The van der Waals surface area contributed by atoms with Crippen molar-refractivity contribution in [2.75, 3.05) is 6.61 Å². The molecule has 0 aliphatic rings. The fourth-order valence-corrected chi connectivity index (χ4v) is 0.981. The summed E-state index contributed by atoms with van der Waals surface area (Å²) in [5, 5.41) is 17.3. The first kappa shape index (κ1) is 10.0. The number of nitriles is 2. The molecule has 1 heterocycles. The van der Waals surface area contributed by atoms with E-state index in [1.165, 1.54) is 0 Å². The molecule has 4 heteroatoms. The Kier molecular flexibility index (Phi) is 3.46. The zero-order valence-corrected chi connectivity index (χ0v) is 7.77. The first-order valence-corrected chi connectivity index (χ1v) is 4.20. The van der Waals surface area contributed by atoms with Gasteiger partial charge < -0.3 is 4.74 Å². The fourth-order valence-electron chi connectivity index (χ4n) is 0.981. The highest BCUT2D eigenvalue weighted by Gasteiger charge is 2.10. The summed E-state index contributed by atoms with van der Waals surface area (Å²) in [7, 11) is 0. The molecule has 4 nitrogen and oxygen atoms in total. The first-order chi connectivity index (χ1) is 6.81. The maximum Gasteiger partial charge on any atom is 0.213 e. The molecule has 0 N–H and O–H groups in total. The molecule has 14 heavy (non-hydrogen) atoms. The molecule has 1 rings (SSSR count). The third kappa shape index (κ3) is 2.21. The molecule has 0 bridgehead atoms. The van der Waals surface area contributed by atoms with Crippen LogP contribution in [-0.4, -0.2) is 11.6 Å². The van der Waals surface area contributed by atoms with Crippen LogP contribution in [0.1, 0.15) is 18.5 Å². The number of pyridine rings is 1. The van der Waals surface area contributed by atoms with Gasteiger partial charge in [0.15, 0.2) is 5.92 Å². The first-order valence-electron chi connectivity index (χ1n) is 4.20. The molecule has 1 aromatic rings. The lowest BCUT2D eigenvalue weighted by molar-refractivity contribution is 0.326. The fraction of sp³-hybridized carbons (Fsp3) is 0.300. The lowest BCUT2D eigenvalue weighted by Gasteiger charge is -2.04. The van der Waals surface area contributed by atoms with Crippen LogP contribution in [0.15, 0.2) is 18.2 Å². The van der Waals surface area contributed by atoms with Crippen LogP contribution in [0.25, 0.3) is 0 Å². The molecule has 70 valence electrons. The van der Waals surface area contributed by atoms with Gasteiger partial charge in [0.05, 0.1) is 24.4 Å². The topological polar surface area (TPSA) is 69.7 Å². The summed E-state index contributed by atoms with van der Waals surface area (Å²) in [5.41, 5.74) is 0.431. The van der Waals surface area contributed by atoms with Crippen LogP contribution < -0.4 is 4.74 Å². The second kappa shape index (κ2) is 4.84. The third-order valence-corrected chi connectivity index (χ3v) is 1.59. The number of aromatic nitrogens is 1. The van der Waals surface area contributed by atoms with Gasteiger partial charge in [0.1, 0.15) is 0 Å². The number of ether oxygens (including phenoxy) is 1. The highest BCUT2D eigenvalue weighted by Crippen LogP contribution is 2.15. The molecule has 0 aromatic carbocycles. The Balaban J connectivity index is 2.95. The van der Waals surface area contributed by atoms with Crippen LogP contribution in [0, 0.1) is 22.7 Å². The number of rotatable bonds is 3. The van der Waals surface area contributed by atoms with E-state index in [1.807, 2.05) is 19.1 Å². The van der Waals surface area contributed by atoms with Crippen LogP contribution >= 0.6 is 0 Å². The van der Waals surface area contributed by atoms with E-state index in [9.17, 15) is 0 Å². The number of hydrogen-bond donors (Lipinski definition) is 0. The van der Waals surface area contributed by atoms with Gasteiger partial charge in [-0.2, -0.15) is 10.5 Å². The van der Waals surface area contributed by atoms with E-state index in [-0.39, 0.29) is 0 Å². The van der Waals surface area contributed by atoms with Crippen LogP contribution in [0.2, 0.25) is 0 Å². The highest BCUT2D eigenvalue weighted by molar-refractivity contribution is 5.27. The summed E-state index contributed by atoms with van der Waals surface area (Å²) in [6.45, 7) is 2.36. The summed E-state index contributed by atoms with van der Waals surface area (Å²) in [6.07, 6.45) is 0. The molecule has 0 amide bonds. The zero-order valence-electron chi connectivity index (χ0n) is 7.77. The van der Waals surface area contributed by atoms with E-state index < -0.39 is 5.92 Å². The molecule has 0 aliphatic heterocycles. The maximum atomic E-state index is 8.65. The van der Waals surface area contributed by atoms with Crippen LogP contribution in [0.3, 0.4) is 0 Å². The van der Waals surface area contributed by atoms with Crippen molar-refractivity contribution in [2.24, 2.45) is 0 Å². The van der Waals surface area contributed by atoms with Crippen molar-refractivity contribution in [3.63, 3.8) is 0 Å². The van der Waals surface area contributed by atoms with Crippen molar-refractivity contribution < 1.29 is 4.74 Å². The number of nitrogens with zero attached hydrogens (tertiary/aromatic N) is 3. The van der Waals surface area contributed by atoms with E-state index in [0.29, 0.717) is 18.2 Å². The van der Waals surface area contributed by atoms with Crippen molar-refractivity contribution in [1.29, 1.82) is 10.5 Å². The molecule has 0 aliphatic carbocycles. The van der Waals surface area contributed by atoms with E-state index in [4.69, 9.17) is 15.3 Å². The summed E-state index contributed by atoms with van der Waals surface area (Å²) in [5.74, 6) is -0.379. The van der Waals surface area contributed by atoms with Gasteiger partial charge in [0, 0.05) is 6.07 Å². The molecule has 0 radical (unpaired) electrons. The molecule has 0 atom stereocenters. The molecular weight excluding hydrogens is 178 g/mol. The standard InChI is InChI=1S/C10H9N3O/c1-2-14-10-5-3-4-9(13-10)8(6-11)7-12/h3-5,8H,2H2,1H3. The van der Waals surface area contributed by atoms with Crippen LogP contribution in [0.4, 0.5) is 0 Å². The Hall–Kier alpha value is -2.07. The van der Waals surface area contributed by atoms with E-state index in [1.54, 1.807) is 18.2 Å². The smallest absolute Gasteiger partial charge is 0.213 e. The Bertz CT molecular complexity index is 375. The normalized spacial score (nSPS) is 9.14. The lowest BCUT2D eigenvalue weighted by Crippen LogP contribution is -1.99. The summed E-state index contributed by atoms with van der Waals surface area (Å²) < 4.78 is 5.16. The Morgan fingerprint density at radius 1 is 1.43 bits per heavy atom. The van der Waals surface area contributed by atoms with Crippen molar-refractivity contribution >= 4 is 0 Å². The van der Waals surface area contributed by atoms with Gasteiger partial charge in [0.2, 0.25) is 5.88 Å². The predicted octanol–water partition coefficient (Wildman–Crippen LogP) is 1.61. The van der Waals surface area contributed by atoms with Crippen molar-refractivity contribution in [1.82, 2.24) is 4.98 Å². The van der Waals surface area contributed by atoms with E-state index >= 15 is 0 Å².